The van der Waals surface area contributed by atoms with E-state index in [1.54, 1.807) is 48.5 Å². The number of aromatic nitrogens is 8. The largest absolute Gasteiger partial charge is 0.396 e. The summed E-state index contributed by atoms with van der Waals surface area (Å²) in [5, 5.41) is 76.3. The number of benzene rings is 2. The summed E-state index contributed by atoms with van der Waals surface area (Å²) >= 11 is 24.0. The van der Waals surface area contributed by atoms with Crippen LogP contribution in [0, 0.1) is 12.8 Å². The minimum atomic E-state index is -4.81. The molecule has 3 unspecified atom stereocenters. The molecule has 6 aromatic rings. The third-order valence-corrected chi connectivity index (χ3v) is 23.6. The quantitative estimate of drug-likeness (QED) is 0.0267. The van der Waals surface area contributed by atoms with Crippen LogP contribution in [0.5, 0.6) is 0 Å². The number of rotatable bonds is 20. The summed E-state index contributed by atoms with van der Waals surface area (Å²) in [4.78, 5) is 55.1. The predicted octanol–water partition coefficient (Wildman–Crippen LogP) is 7.11. The summed E-state index contributed by atoms with van der Waals surface area (Å²) in [6.07, 6.45) is 5.72. The lowest BCUT2D eigenvalue weighted by Crippen LogP contribution is -2.33. The van der Waals surface area contributed by atoms with Gasteiger partial charge in [0.2, 0.25) is 10.6 Å². The summed E-state index contributed by atoms with van der Waals surface area (Å²) < 4.78 is 89.9. The first-order valence-corrected chi connectivity index (χ1v) is 36.6. The minimum Gasteiger partial charge on any atom is -0.396 e. The van der Waals surface area contributed by atoms with Gasteiger partial charge in [-0.1, -0.05) is 73.2 Å². The Hall–Kier alpha value is -3.86. The molecule has 7 heterocycles. The van der Waals surface area contributed by atoms with Gasteiger partial charge in [0, 0.05) is 41.6 Å². The van der Waals surface area contributed by atoms with Crippen molar-refractivity contribution in [1.29, 1.82) is 0 Å². The number of aliphatic hydroxyl groups is 6. The van der Waals surface area contributed by atoms with Crippen LogP contribution < -0.4 is 10.6 Å². The van der Waals surface area contributed by atoms with Gasteiger partial charge in [0.05, 0.1) is 55.8 Å². The highest BCUT2D eigenvalue weighted by Crippen LogP contribution is 2.65. The average molecular weight is 1420 g/mol. The van der Waals surface area contributed by atoms with Gasteiger partial charge >= 0.3 is 30.4 Å². The second-order valence-electron chi connectivity index (χ2n) is 21.5. The zero-order valence-corrected chi connectivity index (χ0v) is 54.1. The Morgan fingerprint density at radius 2 is 1.20 bits per heavy atom. The summed E-state index contributed by atoms with van der Waals surface area (Å²) in [5.74, 6) is -1.44. The SMILES string of the molecule is O=P(O)(CP1(=O)OCC[C@@H](c2cccc(Cl)c2)O1)OC[C@H]1O[C@@H](c2cnc3c(NC4CCCC4)nc(Cl)nn23)[C@H](O)[C@@H]1O.O=P(O)(O)CP(=O)(O)OC[C@H]1O[C@@H](c2cnc3c(NC4CCCC4)nc(Cl)nn23)[C@H](O)[C@@H]1O.OCC[C@H](O)c1cccc(Cl)c1.[2H]C#C. The zero-order valence-electron chi connectivity index (χ0n) is 48.5. The van der Waals surface area contributed by atoms with E-state index in [0.29, 0.717) is 51.4 Å². The standard InChI is InChI=1S/C25H31Cl2N5O9P2.C16H24ClN5O9P2.C9H11ClO2.C2H2/c26-15-5-3-4-14(10-15)18-8-9-38-43(37,41-18)13-42(35,36)39-12-19-20(33)21(34)22(40-19)17-11-28-24-23(29-16-6-1-2-7-16)30-25(27)31-32(17)24;17-16-20-14(19-8-3-1-2-4-8)15-18-5-9(22(15)21-16)13-12(24)11(23)10(31-13)6-30-33(28,29)7-32(25,26)27;10-8-3-1-2-7(6-8)9(12)4-5-11;1-2/h3-5,10-11,16,18-22,33-34H,1-2,6-9,12-13H2,(H,35,36)(H,29,30,31);5,8,10-13,23-24H,1-4,6-7H2,(H,28,29)(H,19,20,21)(H2,25,26,27);1-3,6,9,11-12H,4-5H2;1-2H/t18-,19+,20+,21+,22-,43?;10-,11-,12-,13+;9-;/m010./s1/i;;;1D. The van der Waals surface area contributed by atoms with Gasteiger partial charge in [0.15, 0.2) is 34.7 Å². The van der Waals surface area contributed by atoms with Crippen LogP contribution in [0.25, 0.3) is 11.3 Å². The number of imidazole rings is 2. The van der Waals surface area contributed by atoms with Crippen molar-refractivity contribution in [2.24, 2.45) is 0 Å². The third-order valence-electron chi connectivity index (χ3n) is 14.8. The van der Waals surface area contributed by atoms with Gasteiger partial charge in [-0.15, -0.1) is 23.0 Å². The molecule has 494 valence electrons. The van der Waals surface area contributed by atoms with Crippen molar-refractivity contribution in [2.45, 2.75) is 137 Å². The smallest absolute Gasteiger partial charge is 0.343 e. The zero-order chi connectivity index (χ0) is 66.0. The second-order valence-corrected chi connectivity index (χ2v) is 31.4. The van der Waals surface area contributed by atoms with Gasteiger partial charge in [-0.05, 0) is 84.3 Å². The van der Waals surface area contributed by atoms with E-state index < -0.39 is 116 Å². The van der Waals surface area contributed by atoms with Crippen molar-refractivity contribution < 1.29 is 97.4 Å². The van der Waals surface area contributed by atoms with Gasteiger partial charge in [0.1, 0.15) is 50.2 Å². The normalized spacial score (nSPS) is 27.3. The Bertz CT molecular complexity index is 3680. The number of nitrogens with zero attached hydrogens (tertiary/aromatic N) is 8. The molecule has 13 atom stereocenters. The number of terminal acetylenes is 1. The Balaban J connectivity index is 0.000000195. The van der Waals surface area contributed by atoms with Crippen LogP contribution in [0.15, 0.2) is 60.9 Å². The minimum absolute atomic E-state index is 0.0202. The molecule has 90 heavy (non-hydrogen) atoms. The fourth-order valence-corrected chi connectivity index (χ4v) is 18.0. The van der Waals surface area contributed by atoms with Crippen molar-refractivity contribution >= 4 is 99.7 Å². The van der Waals surface area contributed by atoms with Crippen LogP contribution in [0.3, 0.4) is 0 Å². The van der Waals surface area contributed by atoms with E-state index in [1.165, 1.54) is 27.8 Å². The lowest BCUT2D eigenvalue weighted by molar-refractivity contribution is -0.0205. The first-order chi connectivity index (χ1) is 43.1. The molecule has 0 spiro atoms. The summed E-state index contributed by atoms with van der Waals surface area (Å²) in [6.45, 7) is -1.27. The molecule has 11 rings (SSSR count). The van der Waals surface area contributed by atoms with Crippen LogP contribution in [0.4, 0.5) is 11.6 Å². The lowest BCUT2D eigenvalue weighted by atomic mass is 10.1. The predicted molar refractivity (Wildman–Crippen MR) is 327 cm³/mol. The Labute approximate surface area is 536 Å². The summed E-state index contributed by atoms with van der Waals surface area (Å²) in [6, 6.07) is 14.3. The number of fused-ring (bicyclic) bond motifs is 2. The second kappa shape index (κ2) is 31.6. The van der Waals surface area contributed by atoms with E-state index in [1.807, 2.05) is 0 Å². The third kappa shape index (κ3) is 19.0. The van der Waals surface area contributed by atoms with Gasteiger partial charge < -0.3 is 83.9 Å². The van der Waals surface area contributed by atoms with E-state index in [0.717, 1.165) is 56.9 Å². The molecule has 0 bridgehead atoms. The fourth-order valence-electron chi connectivity index (χ4n) is 10.6. The summed E-state index contributed by atoms with van der Waals surface area (Å²) in [5.41, 5.74) is 2.65. The molecule has 2 saturated carbocycles. The molecule has 2 aliphatic carbocycles. The molecule has 5 aliphatic rings. The summed E-state index contributed by atoms with van der Waals surface area (Å²) in [7, 11) is -18.1. The molecule has 5 fully saturated rings. The molecule has 38 heteroatoms. The molecular formula is C52H68Cl4N10O20P4. The molecule has 0 amide bonds. The first kappa shape index (κ1) is 70.5. The fraction of sp³-hybridized carbons (Fsp3) is 0.538. The Morgan fingerprint density at radius 1 is 0.722 bits per heavy atom. The Kier molecular flexibility index (Phi) is 24.7. The molecule has 3 aliphatic heterocycles. The molecular weight excluding hydrogens is 1350 g/mol. The molecule has 30 nitrogen and oxygen atoms in total. The van der Waals surface area contributed by atoms with Crippen LogP contribution in [0.1, 0.15) is 113 Å². The van der Waals surface area contributed by atoms with Crippen molar-refractivity contribution in [2.75, 3.05) is 48.9 Å². The number of anilines is 2. The Morgan fingerprint density at radius 3 is 1.67 bits per heavy atom. The number of ether oxygens (including phenoxy) is 2. The maximum absolute atomic E-state index is 13.3. The van der Waals surface area contributed by atoms with Crippen molar-refractivity contribution in [3.63, 3.8) is 0 Å². The molecule has 2 aromatic carbocycles. The van der Waals surface area contributed by atoms with Gasteiger partial charge in [-0.2, -0.15) is 9.97 Å². The number of aliphatic hydroxyl groups excluding tert-OH is 6. The van der Waals surface area contributed by atoms with Crippen molar-refractivity contribution in [3.05, 3.63) is 104 Å². The van der Waals surface area contributed by atoms with E-state index in [2.05, 4.69) is 47.2 Å². The van der Waals surface area contributed by atoms with Crippen LogP contribution in [-0.2, 0) is 45.8 Å². The topological polar surface area (TPSA) is 436 Å². The molecule has 12 N–H and O–H groups in total. The number of hydrogen-bond donors (Lipinski definition) is 12. The highest BCUT2D eigenvalue weighted by atomic mass is 35.5. The highest BCUT2D eigenvalue weighted by Gasteiger charge is 2.49. The number of halogens is 4. The van der Waals surface area contributed by atoms with Gasteiger partial charge in [-0.25, -0.2) is 19.0 Å². The number of hydrogen-bond acceptors (Lipinski definition) is 24. The van der Waals surface area contributed by atoms with E-state index in [-0.39, 0.29) is 47.3 Å². The van der Waals surface area contributed by atoms with Crippen LogP contribution in [-0.4, -0.2) is 176 Å². The number of nitrogens with one attached hydrogen (secondary N) is 2. The van der Waals surface area contributed by atoms with E-state index in [9.17, 15) is 53.6 Å². The highest BCUT2D eigenvalue weighted by molar-refractivity contribution is 7.71. The van der Waals surface area contributed by atoms with Crippen LogP contribution >= 0.6 is 76.8 Å². The van der Waals surface area contributed by atoms with Crippen molar-refractivity contribution in [3.8, 4) is 12.8 Å². The van der Waals surface area contributed by atoms with Gasteiger partial charge in [-0.3, -0.25) is 22.8 Å². The first-order valence-electron chi connectivity index (χ1n) is 28.5. The maximum Gasteiger partial charge on any atom is 0.343 e. The lowest BCUT2D eigenvalue weighted by Gasteiger charge is -2.31. The van der Waals surface area contributed by atoms with Crippen LogP contribution in [0.2, 0.25) is 20.6 Å². The van der Waals surface area contributed by atoms with Crippen molar-refractivity contribution in [1.82, 2.24) is 39.2 Å². The molecule has 3 saturated heterocycles. The molecule has 0 radical (unpaired) electrons. The maximum atomic E-state index is 13.3. The van der Waals surface area contributed by atoms with Gasteiger partial charge in [0.25, 0.3) is 0 Å². The molecule has 4 aromatic heterocycles. The van der Waals surface area contributed by atoms with E-state index in [4.69, 9.17) is 90.2 Å². The average Bonchev–Trinajstić information content (AvgIpc) is 1.64. The monoisotopic (exact) mass is 1420 g/mol. The van der Waals surface area contributed by atoms with E-state index >= 15 is 0 Å².